The van der Waals surface area contributed by atoms with E-state index in [0.717, 1.165) is 6.42 Å². The number of carbonyl (C=O) groups is 2. The summed E-state index contributed by atoms with van der Waals surface area (Å²) in [5.41, 5.74) is 0.151. The third kappa shape index (κ3) is 3.32. The van der Waals surface area contributed by atoms with Gasteiger partial charge in [-0.2, -0.15) is 10.1 Å². The van der Waals surface area contributed by atoms with Crippen molar-refractivity contribution in [3.63, 3.8) is 0 Å². The maximum Gasteiger partial charge on any atom is 0.269 e. The second-order valence-electron chi connectivity index (χ2n) is 8.52. The Balaban J connectivity index is 1.56. The largest absolute Gasteiger partial charge is 0.348 e. The first kappa shape index (κ1) is 19.6. The number of nitrogens with one attached hydrogen (secondary N) is 1. The highest BCUT2D eigenvalue weighted by atomic mass is 16.5. The zero-order valence-corrected chi connectivity index (χ0v) is 17.4. The number of aromatic nitrogens is 4. The van der Waals surface area contributed by atoms with Crippen LogP contribution in [0.4, 0.5) is 0 Å². The molecule has 0 radical (unpaired) electrons. The van der Waals surface area contributed by atoms with E-state index in [0.29, 0.717) is 43.5 Å². The summed E-state index contributed by atoms with van der Waals surface area (Å²) in [5.74, 6) is 1.30. The van der Waals surface area contributed by atoms with Crippen LogP contribution in [0.3, 0.4) is 0 Å². The molecule has 1 aliphatic heterocycles. The van der Waals surface area contributed by atoms with Crippen molar-refractivity contribution in [2.45, 2.75) is 58.5 Å². The average molecular weight is 400 g/mol. The number of hydrogen-bond acceptors (Lipinski definition) is 6. The molecule has 1 saturated carbocycles. The molecule has 2 amide bonds. The van der Waals surface area contributed by atoms with Gasteiger partial charge in [0.25, 0.3) is 5.91 Å². The Morgan fingerprint density at radius 3 is 2.86 bits per heavy atom. The molecular weight excluding hydrogens is 372 g/mol. The predicted molar refractivity (Wildman–Crippen MR) is 104 cm³/mol. The molecule has 29 heavy (non-hydrogen) atoms. The Morgan fingerprint density at radius 2 is 2.21 bits per heavy atom. The van der Waals surface area contributed by atoms with Gasteiger partial charge in [0.2, 0.25) is 11.8 Å². The maximum atomic E-state index is 12.8. The molecule has 2 fully saturated rings. The molecule has 1 N–H and O–H groups in total. The van der Waals surface area contributed by atoms with Crippen molar-refractivity contribution in [3.8, 4) is 0 Å². The van der Waals surface area contributed by atoms with Crippen molar-refractivity contribution in [1.82, 2.24) is 30.1 Å². The average Bonchev–Trinajstić information content (AvgIpc) is 3.42. The van der Waals surface area contributed by atoms with Gasteiger partial charge in [0.1, 0.15) is 5.69 Å². The van der Waals surface area contributed by atoms with Gasteiger partial charge in [0.15, 0.2) is 5.82 Å². The molecule has 2 aromatic rings. The summed E-state index contributed by atoms with van der Waals surface area (Å²) in [6, 6.07) is 1.71. The molecule has 1 unspecified atom stereocenters. The lowest BCUT2D eigenvalue weighted by molar-refractivity contribution is -0.133. The first-order chi connectivity index (χ1) is 13.8. The van der Waals surface area contributed by atoms with E-state index in [9.17, 15) is 9.59 Å². The first-order valence-corrected chi connectivity index (χ1v) is 10.3. The van der Waals surface area contributed by atoms with E-state index < -0.39 is 5.41 Å². The molecule has 2 aromatic heterocycles. The van der Waals surface area contributed by atoms with Crippen LogP contribution >= 0.6 is 0 Å². The van der Waals surface area contributed by atoms with Gasteiger partial charge < -0.3 is 14.7 Å². The number of rotatable bonds is 5. The van der Waals surface area contributed by atoms with Crippen LogP contribution in [-0.4, -0.2) is 55.8 Å². The van der Waals surface area contributed by atoms with Crippen LogP contribution in [0.1, 0.15) is 55.8 Å². The van der Waals surface area contributed by atoms with Gasteiger partial charge in [-0.05, 0) is 38.7 Å². The molecule has 3 heterocycles. The van der Waals surface area contributed by atoms with E-state index in [4.69, 9.17) is 4.52 Å². The van der Waals surface area contributed by atoms with Gasteiger partial charge in [-0.3, -0.25) is 14.3 Å². The smallest absolute Gasteiger partial charge is 0.269 e. The van der Waals surface area contributed by atoms with Crippen molar-refractivity contribution in [2.24, 2.45) is 11.8 Å². The normalized spacial score (nSPS) is 26.2. The maximum absolute atomic E-state index is 12.8. The topological polar surface area (TPSA) is 106 Å². The van der Waals surface area contributed by atoms with Gasteiger partial charge in [-0.1, -0.05) is 19.0 Å². The van der Waals surface area contributed by atoms with E-state index in [1.165, 1.54) is 0 Å². The Morgan fingerprint density at radius 1 is 1.41 bits per heavy atom. The summed E-state index contributed by atoms with van der Waals surface area (Å²) >= 11 is 0. The lowest BCUT2D eigenvalue weighted by atomic mass is 9.80. The molecule has 4 rings (SSSR count). The molecule has 9 nitrogen and oxygen atoms in total. The minimum Gasteiger partial charge on any atom is -0.348 e. The third-order valence-corrected chi connectivity index (χ3v) is 6.22. The summed E-state index contributed by atoms with van der Waals surface area (Å²) in [7, 11) is 0. The summed E-state index contributed by atoms with van der Waals surface area (Å²) < 4.78 is 7.26. The van der Waals surface area contributed by atoms with E-state index in [2.05, 4.69) is 20.6 Å². The van der Waals surface area contributed by atoms with Crippen molar-refractivity contribution in [1.29, 1.82) is 0 Å². The second-order valence-corrected chi connectivity index (χ2v) is 8.52. The van der Waals surface area contributed by atoms with Crippen LogP contribution in [0.15, 0.2) is 16.8 Å². The van der Waals surface area contributed by atoms with Crippen LogP contribution in [0.25, 0.3) is 0 Å². The highest BCUT2D eigenvalue weighted by Gasteiger charge is 2.58. The van der Waals surface area contributed by atoms with Crippen LogP contribution in [-0.2, 0) is 16.8 Å². The van der Waals surface area contributed by atoms with Gasteiger partial charge in [-0.15, -0.1) is 0 Å². The van der Waals surface area contributed by atoms with Gasteiger partial charge >= 0.3 is 0 Å². The lowest BCUT2D eigenvalue weighted by Crippen LogP contribution is -2.40. The summed E-state index contributed by atoms with van der Waals surface area (Å²) in [5, 5.41) is 11.3. The van der Waals surface area contributed by atoms with E-state index in [1.807, 2.05) is 25.7 Å². The molecule has 0 bridgehead atoms. The molecule has 1 aliphatic carbocycles. The second kappa shape index (κ2) is 7.27. The van der Waals surface area contributed by atoms with Crippen LogP contribution in [0.5, 0.6) is 0 Å². The fraction of sp³-hybridized carbons (Fsp3) is 0.650. The summed E-state index contributed by atoms with van der Waals surface area (Å²) in [6.07, 6.45) is 3.09. The minimum absolute atomic E-state index is 0.0174. The standard InChI is InChI=1S/C20H28N6O3/c1-5-26-16(6-7-21-26)17(27)23-15-8-14-10-25(18(28)12(2)3)11-20(14,9-15)19-22-13(4)24-29-19/h6-7,12,14-15H,5,8-11H2,1-4H3,(H,23,27)/t14?,15-,20+/m1/s1. The molecular formula is C20H28N6O3. The van der Waals surface area contributed by atoms with Gasteiger partial charge in [0.05, 0.1) is 5.41 Å². The highest BCUT2D eigenvalue weighted by Crippen LogP contribution is 2.50. The number of nitrogens with zero attached hydrogens (tertiary/aromatic N) is 5. The summed E-state index contributed by atoms with van der Waals surface area (Å²) in [4.78, 5) is 31.8. The number of hydrogen-bond donors (Lipinski definition) is 1. The number of fused-ring (bicyclic) bond motifs is 1. The Bertz CT molecular complexity index is 919. The zero-order chi connectivity index (χ0) is 20.8. The molecule has 156 valence electrons. The van der Waals surface area contributed by atoms with E-state index in [1.54, 1.807) is 23.9 Å². The molecule has 2 aliphatic rings. The lowest BCUT2D eigenvalue weighted by Gasteiger charge is -2.26. The Hall–Kier alpha value is -2.71. The van der Waals surface area contributed by atoms with Crippen molar-refractivity contribution in [3.05, 3.63) is 29.7 Å². The highest BCUT2D eigenvalue weighted by molar-refractivity contribution is 5.92. The first-order valence-electron chi connectivity index (χ1n) is 10.3. The molecule has 1 saturated heterocycles. The number of aryl methyl sites for hydroxylation is 2. The minimum atomic E-state index is -0.408. The monoisotopic (exact) mass is 400 g/mol. The zero-order valence-electron chi connectivity index (χ0n) is 17.4. The van der Waals surface area contributed by atoms with Crippen molar-refractivity contribution < 1.29 is 14.1 Å². The quantitative estimate of drug-likeness (QED) is 0.816. The number of amides is 2. The number of likely N-dealkylation sites (tertiary alicyclic amines) is 1. The Kier molecular flexibility index (Phi) is 4.92. The molecule has 0 spiro atoms. The van der Waals surface area contributed by atoms with Crippen LogP contribution in [0.2, 0.25) is 0 Å². The van der Waals surface area contributed by atoms with E-state index >= 15 is 0 Å². The fourth-order valence-corrected chi connectivity index (χ4v) is 4.88. The predicted octanol–water partition coefficient (Wildman–Crippen LogP) is 1.54. The SMILES string of the molecule is CCn1nccc1C(=O)N[C@@H]1CC2CN(C(=O)C(C)C)C[C@@]2(c2nc(C)no2)C1. The van der Waals surface area contributed by atoms with Crippen LogP contribution < -0.4 is 5.32 Å². The van der Waals surface area contributed by atoms with Crippen molar-refractivity contribution in [2.75, 3.05) is 13.1 Å². The summed E-state index contributed by atoms with van der Waals surface area (Å²) in [6.45, 7) is 9.43. The van der Waals surface area contributed by atoms with Crippen molar-refractivity contribution >= 4 is 11.8 Å². The van der Waals surface area contributed by atoms with Gasteiger partial charge in [0, 0.05) is 37.8 Å². The number of carbonyl (C=O) groups excluding carboxylic acids is 2. The third-order valence-electron chi connectivity index (χ3n) is 6.22. The van der Waals surface area contributed by atoms with Crippen LogP contribution in [0, 0.1) is 18.8 Å². The van der Waals surface area contributed by atoms with Gasteiger partial charge in [-0.25, -0.2) is 0 Å². The fourth-order valence-electron chi connectivity index (χ4n) is 4.88. The van der Waals surface area contributed by atoms with E-state index in [-0.39, 0.29) is 29.7 Å². The Labute approximate surface area is 169 Å². The molecule has 3 atom stereocenters. The molecule has 0 aromatic carbocycles. The molecule has 9 heteroatoms.